The summed E-state index contributed by atoms with van der Waals surface area (Å²) < 4.78 is 18.2. The Labute approximate surface area is 120 Å². The average Bonchev–Trinajstić information content (AvgIpc) is 3.19. The van der Waals surface area contributed by atoms with E-state index in [0.717, 1.165) is 4.90 Å². The molecule has 20 heavy (non-hydrogen) atoms. The van der Waals surface area contributed by atoms with Gasteiger partial charge in [0, 0.05) is 17.4 Å². The molecule has 1 unspecified atom stereocenters. The number of nitrogens with zero attached hydrogens (tertiary/aromatic N) is 2. The van der Waals surface area contributed by atoms with E-state index in [1.165, 1.54) is 36.7 Å². The van der Waals surface area contributed by atoms with Crippen LogP contribution < -0.4 is 5.73 Å². The van der Waals surface area contributed by atoms with Gasteiger partial charge in [0.15, 0.2) is 5.82 Å². The maximum absolute atomic E-state index is 13.0. The molecular weight excluding hydrogens is 277 g/mol. The van der Waals surface area contributed by atoms with Crippen molar-refractivity contribution in [3.8, 4) is 0 Å². The van der Waals surface area contributed by atoms with E-state index in [1.54, 1.807) is 6.07 Å². The molecule has 6 heteroatoms. The summed E-state index contributed by atoms with van der Waals surface area (Å²) in [7, 11) is 0. The van der Waals surface area contributed by atoms with E-state index in [4.69, 9.17) is 10.3 Å². The Hall–Kier alpha value is -1.40. The fraction of sp³-hybridized carbons (Fsp3) is 0.429. The predicted octanol–water partition coefficient (Wildman–Crippen LogP) is 2.78. The van der Waals surface area contributed by atoms with Crippen molar-refractivity contribution in [3.63, 3.8) is 0 Å². The number of thioether (sulfide) groups is 1. The van der Waals surface area contributed by atoms with Gasteiger partial charge in [-0.1, -0.05) is 11.2 Å². The summed E-state index contributed by atoms with van der Waals surface area (Å²) in [5.74, 6) is 2.16. The van der Waals surface area contributed by atoms with Gasteiger partial charge in [-0.25, -0.2) is 4.39 Å². The Balaban J connectivity index is 1.54. The van der Waals surface area contributed by atoms with Crippen LogP contribution in [0.4, 0.5) is 4.39 Å². The molecule has 0 aliphatic heterocycles. The molecule has 1 heterocycles. The molecule has 1 aromatic carbocycles. The third-order valence-corrected chi connectivity index (χ3v) is 4.30. The Kier molecular flexibility index (Phi) is 4.03. The highest BCUT2D eigenvalue weighted by Crippen LogP contribution is 2.32. The van der Waals surface area contributed by atoms with E-state index in [2.05, 4.69) is 10.1 Å². The highest BCUT2D eigenvalue weighted by Gasteiger charge is 2.29. The van der Waals surface area contributed by atoms with Gasteiger partial charge in [0.2, 0.25) is 5.89 Å². The first-order valence-corrected chi connectivity index (χ1v) is 7.64. The van der Waals surface area contributed by atoms with Gasteiger partial charge in [-0.05, 0) is 37.0 Å². The van der Waals surface area contributed by atoms with E-state index in [-0.39, 0.29) is 11.9 Å². The summed E-state index contributed by atoms with van der Waals surface area (Å²) >= 11 is 1.48. The van der Waals surface area contributed by atoms with E-state index in [9.17, 15) is 4.39 Å². The van der Waals surface area contributed by atoms with Gasteiger partial charge in [-0.3, -0.25) is 0 Å². The zero-order chi connectivity index (χ0) is 13.9. The number of aromatic nitrogens is 2. The molecule has 0 radical (unpaired) electrons. The highest BCUT2D eigenvalue weighted by molar-refractivity contribution is 7.98. The van der Waals surface area contributed by atoms with E-state index in [0.29, 0.717) is 29.8 Å². The van der Waals surface area contributed by atoms with Crippen molar-refractivity contribution in [1.82, 2.24) is 10.1 Å². The lowest BCUT2D eigenvalue weighted by molar-refractivity contribution is 0.360. The smallest absolute Gasteiger partial charge is 0.228 e. The quantitative estimate of drug-likeness (QED) is 0.830. The minimum Gasteiger partial charge on any atom is -0.339 e. The van der Waals surface area contributed by atoms with Gasteiger partial charge in [-0.15, -0.1) is 11.8 Å². The third-order valence-electron chi connectivity index (χ3n) is 3.31. The van der Waals surface area contributed by atoms with Crippen molar-refractivity contribution in [2.45, 2.75) is 36.0 Å². The molecule has 2 aromatic rings. The number of rotatable bonds is 6. The zero-order valence-electron chi connectivity index (χ0n) is 11.0. The molecule has 3 rings (SSSR count). The molecule has 0 saturated heterocycles. The lowest BCUT2D eigenvalue weighted by atomic mass is 10.1. The Morgan fingerprint density at radius 1 is 1.45 bits per heavy atom. The minimum absolute atomic E-state index is 0.124. The first-order chi connectivity index (χ1) is 9.70. The minimum atomic E-state index is -0.237. The van der Waals surface area contributed by atoms with Crippen LogP contribution in [0, 0.1) is 11.7 Å². The van der Waals surface area contributed by atoms with Crippen molar-refractivity contribution < 1.29 is 8.91 Å². The monoisotopic (exact) mass is 293 g/mol. The number of hydrogen-bond acceptors (Lipinski definition) is 5. The van der Waals surface area contributed by atoms with Gasteiger partial charge in [0.05, 0.1) is 5.75 Å². The number of nitrogens with two attached hydrogens (primary N) is 1. The number of halogens is 1. The van der Waals surface area contributed by atoms with E-state index < -0.39 is 0 Å². The molecule has 1 saturated carbocycles. The first-order valence-electron chi connectivity index (χ1n) is 6.66. The predicted molar refractivity (Wildman–Crippen MR) is 74.7 cm³/mol. The van der Waals surface area contributed by atoms with E-state index >= 15 is 0 Å². The van der Waals surface area contributed by atoms with Crippen LogP contribution in [0.15, 0.2) is 33.7 Å². The zero-order valence-corrected chi connectivity index (χ0v) is 11.8. The molecule has 1 atom stereocenters. The largest absolute Gasteiger partial charge is 0.339 e. The van der Waals surface area contributed by atoms with Gasteiger partial charge in [0.1, 0.15) is 5.82 Å². The number of hydrogen-bond donors (Lipinski definition) is 1. The van der Waals surface area contributed by atoms with Gasteiger partial charge in [0.25, 0.3) is 0 Å². The van der Waals surface area contributed by atoms with Crippen LogP contribution in [0.3, 0.4) is 0 Å². The van der Waals surface area contributed by atoms with Gasteiger partial charge < -0.3 is 10.3 Å². The fourth-order valence-electron chi connectivity index (χ4n) is 2.03. The molecule has 1 aliphatic rings. The Morgan fingerprint density at radius 2 is 2.30 bits per heavy atom. The van der Waals surface area contributed by atoms with Gasteiger partial charge in [-0.2, -0.15) is 4.98 Å². The second kappa shape index (κ2) is 5.93. The fourth-order valence-corrected chi connectivity index (χ4v) is 2.81. The van der Waals surface area contributed by atoms with Crippen molar-refractivity contribution in [2.24, 2.45) is 11.7 Å². The van der Waals surface area contributed by atoms with Crippen LogP contribution in [-0.4, -0.2) is 16.2 Å². The molecule has 106 valence electrons. The highest BCUT2D eigenvalue weighted by atomic mass is 32.2. The van der Waals surface area contributed by atoms with Crippen LogP contribution in [-0.2, 0) is 12.2 Å². The SMILES string of the molecule is NC(Cc1nc(CSc2cccc(F)c2)no1)C1CC1. The second-order valence-electron chi connectivity index (χ2n) is 5.06. The van der Waals surface area contributed by atoms with Crippen LogP contribution in [0.1, 0.15) is 24.6 Å². The van der Waals surface area contributed by atoms with Crippen LogP contribution in [0.5, 0.6) is 0 Å². The number of benzene rings is 1. The molecule has 1 aromatic heterocycles. The molecule has 1 aliphatic carbocycles. The summed E-state index contributed by atoms with van der Waals surface area (Å²) in [6.07, 6.45) is 3.05. The molecule has 4 nitrogen and oxygen atoms in total. The molecular formula is C14H16FN3OS. The lowest BCUT2D eigenvalue weighted by Crippen LogP contribution is -2.25. The van der Waals surface area contributed by atoms with Crippen LogP contribution in [0.25, 0.3) is 0 Å². The van der Waals surface area contributed by atoms with Gasteiger partial charge >= 0.3 is 0 Å². The maximum Gasteiger partial charge on any atom is 0.228 e. The third kappa shape index (κ3) is 3.58. The summed E-state index contributed by atoms with van der Waals surface area (Å²) in [4.78, 5) is 5.18. The molecule has 0 spiro atoms. The summed E-state index contributed by atoms with van der Waals surface area (Å²) in [6.45, 7) is 0. The lowest BCUT2D eigenvalue weighted by Gasteiger charge is -2.04. The topological polar surface area (TPSA) is 64.9 Å². The Morgan fingerprint density at radius 3 is 3.05 bits per heavy atom. The average molecular weight is 293 g/mol. The molecule has 0 amide bonds. The standard InChI is InChI=1S/C14H16FN3OS/c15-10-2-1-3-11(6-10)20-8-13-17-14(19-18-13)7-12(16)9-4-5-9/h1-3,6,9,12H,4-5,7-8,16H2. The van der Waals surface area contributed by atoms with E-state index in [1.807, 2.05) is 6.07 Å². The summed E-state index contributed by atoms with van der Waals surface area (Å²) in [6, 6.07) is 6.59. The first kappa shape index (κ1) is 13.6. The Bertz CT molecular complexity index is 585. The van der Waals surface area contributed by atoms with Crippen molar-refractivity contribution in [2.75, 3.05) is 0 Å². The molecule has 1 fully saturated rings. The normalized spacial score (nSPS) is 16.3. The summed E-state index contributed by atoms with van der Waals surface area (Å²) in [5.41, 5.74) is 6.03. The molecule has 2 N–H and O–H groups in total. The summed E-state index contributed by atoms with van der Waals surface area (Å²) in [5, 5.41) is 3.93. The van der Waals surface area contributed by atoms with Crippen molar-refractivity contribution >= 4 is 11.8 Å². The van der Waals surface area contributed by atoms with Crippen LogP contribution in [0.2, 0.25) is 0 Å². The van der Waals surface area contributed by atoms with Crippen molar-refractivity contribution in [1.29, 1.82) is 0 Å². The van der Waals surface area contributed by atoms with Crippen LogP contribution >= 0.6 is 11.8 Å². The molecule has 0 bridgehead atoms. The van der Waals surface area contributed by atoms with Crippen molar-refractivity contribution in [3.05, 3.63) is 41.8 Å². The maximum atomic E-state index is 13.0. The second-order valence-corrected chi connectivity index (χ2v) is 6.10.